The lowest BCUT2D eigenvalue weighted by Gasteiger charge is -2.34. The number of nitrogens with zero attached hydrogens (tertiary/aromatic N) is 4. The van der Waals surface area contributed by atoms with Crippen molar-refractivity contribution in [2.75, 3.05) is 63.6 Å². The Morgan fingerprint density at radius 1 is 1.07 bits per heavy atom. The first kappa shape index (κ1) is 19.1. The number of piperidine rings is 1. The lowest BCUT2D eigenvalue weighted by Crippen LogP contribution is -2.39. The lowest BCUT2D eigenvalue weighted by atomic mass is 9.96. The van der Waals surface area contributed by atoms with Crippen molar-refractivity contribution < 1.29 is 9.53 Å². The summed E-state index contributed by atoms with van der Waals surface area (Å²) in [6.45, 7) is 6.72. The molecule has 2 N–H and O–H groups in total. The molecular formula is C21H29N5O2S. The molecule has 0 aliphatic carbocycles. The Bertz CT molecular complexity index is 931. The number of rotatable bonds is 2. The van der Waals surface area contributed by atoms with Crippen LogP contribution in [0.1, 0.15) is 40.1 Å². The number of carbonyl (C=O) groups is 1. The van der Waals surface area contributed by atoms with Gasteiger partial charge in [0, 0.05) is 50.2 Å². The van der Waals surface area contributed by atoms with Crippen LogP contribution in [-0.4, -0.2) is 73.7 Å². The summed E-state index contributed by atoms with van der Waals surface area (Å²) in [5, 5.41) is 1.02. The number of aromatic nitrogens is 1. The smallest absolute Gasteiger partial charge is 0.266 e. The maximum Gasteiger partial charge on any atom is 0.266 e. The molecule has 2 saturated heterocycles. The van der Waals surface area contributed by atoms with Crippen LogP contribution in [0, 0.1) is 0 Å². The molecule has 2 aromatic rings. The fourth-order valence-electron chi connectivity index (χ4n) is 4.78. The van der Waals surface area contributed by atoms with Crippen molar-refractivity contribution in [1.82, 2.24) is 14.8 Å². The molecule has 0 spiro atoms. The minimum absolute atomic E-state index is 0.0831. The van der Waals surface area contributed by atoms with Gasteiger partial charge in [-0.05, 0) is 38.3 Å². The van der Waals surface area contributed by atoms with Crippen molar-refractivity contribution in [1.29, 1.82) is 0 Å². The molecule has 0 radical (unpaired) electrons. The number of nitrogens with two attached hydrogens (primary N) is 1. The van der Waals surface area contributed by atoms with Gasteiger partial charge in [0.05, 0.1) is 18.9 Å². The second kappa shape index (κ2) is 7.74. The van der Waals surface area contributed by atoms with E-state index in [0.29, 0.717) is 10.6 Å². The van der Waals surface area contributed by atoms with Crippen LogP contribution in [-0.2, 0) is 17.7 Å². The van der Waals surface area contributed by atoms with Crippen LogP contribution in [0.25, 0.3) is 10.2 Å². The number of thiophene rings is 1. The van der Waals surface area contributed by atoms with Crippen molar-refractivity contribution in [2.45, 2.75) is 32.2 Å². The van der Waals surface area contributed by atoms with Crippen molar-refractivity contribution in [3.05, 3.63) is 16.0 Å². The van der Waals surface area contributed by atoms with Gasteiger partial charge in [-0.2, -0.15) is 0 Å². The average molecular weight is 416 g/mol. The highest BCUT2D eigenvalue weighted by Gasteiger charge is 2.30. The van der Waals surface area contributed by atoms with E-state index in [2.05, 4.69) is 16.8 Å². The van der Waals surface area contributed by atoms with Gasteiger partial charge in [-0.25, -0.2) is 4.98 Å². The standard InChI is InChI=1S/C21H29N5O2S/c1-24-8-5-14-15(13-24)19(25-9-11-28-12-10-25)23-20-16(14)17(22)18(29-20)21(27)26-6-3-2-4-7-26/h2-13,22H2,1H3. The van der Waals surface area contributed by atoms with Crippen molar-refractivity contribution in [2.24, 2.45) is 0 Å². The summed E-state index contributed by atoms with van der Waals surface area (Å²) >= 11 is 1.48. The van der Waals surface area contributed by atoms with E-state index in [1.54, 1.807) is 0 Å². The summed E-state index contributed by atoms with van der Waals surface area (Å²) in [4.78, 5) is 26.5. The molecule has 0 unspecified atom stereocenters. The summed E-state index contributed by atoms with van der Waals surface area (Å²) < 4.78 is 5.55. The minimum Gasteiger partial charge on any atom is -0.397 e. The normalized spacial score (nSPS) is 20.9. The molecule has 5 heterocycles. The summed E-state index contributed by atoms with van der Waals surface area (Å²) in [7, 11) is 2.15. The van der Waals surface area contributed by atoms with E-state index in [9.17, 15) is 4.79 Å². The monoisotopic (exact) mass is 415 g/mol. The molecule has 3 aliphatic heterocycles. The molecule has 0 saturated carbocycles. The molecule has 0 bridgehead atoms. The molecule has 2 aromatic heterocycles. The Labute approximate surface area is 175 Å². The minimum atomic E-state index is 0.0831. The zero-order chi connectivity index (χ0) is 20.0. The molecule has 0 aromatic carbocycles. The number of anilines is 2. The maximum atomic E-state index is 13.2. The van der Waals surface area contributed by atoms with E-state index in [1.807, 2.05) is 4.90 Å². The number of carbonyl (C=O) groups excluding carboxylic acids is 1. The number of hydrogen-bond acceptors (Lipinski definition) is 7. The molecule has 29 heavy (non-hydrogen) atoms. The van der Waals surface area contributed by atoms with E-state index < -0.39 is 0 Å². The number of hydrogen-bond donors (Lipinski definition) is 1. The molecule has 2 fully saturated rings. The van der Waals surface area contributed by atoms with E-state index >= 15 is 0 Å². The van der Waals surface area contributed by atoms with Crippen LogP contribution in [0.15, 0.2) is 0 Å². The average Bonchev–Trinajstić information content (AvgIpc) is 3.10. The summed E-state index contributed by atoms with van der Waals surface area (Å²) in [5.41, 5.74) is 9.82. The van der Waals surface area contributed by atoms with Crippen LogP contribution in [0.4, 0.5) is 11.5 Å². The molecule has 1 amide bonds. The van der Waals surface area contributed by atoms with Crippen LogP contribution in [0.5, 0.6) is 0 Å². The van der Waals surface area contributed by atoms with E-state index in [4.69, 9.17) is 15.5 Å². The molecule has 3 aliphatic rings. The zero-order valence-electron chi connectivity index (χ0n) is 17.1. The van der Waals surface area contributed by atoms with E-state index in [1.165, 1.54) is 28.9 Å². The zero-order valence-corrected chi connectivity index (χ0v) is 17.9. The highest BCUT2D eigenvalue weighted by molar-refractivity contribution is 7.21. The maximum absolute atomic E-state index is 13.2. The molecule has 8 heteroatoms. The number of morpholine rings is 1. The predicted molar refractivity (Wildman–Crippen MR) is 117 cm³/mol. The van der Waals surface area contributed by atoms with E-state index in [0.717, 1.165) is 87.8 Å². The van der Waals surface area contributed by atoms with Crippen molar-refractivity contribution in [3.8, 4) is 0 Å². The second-order valence-corrected chi connectivity index (χ2v) is 9.36. The molecule has 5 rings (SSSR count). The molecular weight excluding hydrogens is 386 g/mol. The highest BCUT2D eigenvalue weighted by Crippen LogP contribution is 2.42. The fraction of sp³-hybridized carbons (Fsp3) is 0.619. The van der Waals surface area contributed by atoms with Gasteiger partial charge in [0.15, 0.2) is 0 Å². The van der Waals surface area contributed by atoms with Crippen LogP contribution in [0.3, 0.4) is 0 Å². The fourth-order valence-corrected chi connectivity index (χ4v) is 5.87. The highest BCUT2D eigenvalue weighted by atomic mass is 32.1. The molecule has 7 nitrogen and oxygen atoms in total. The number of nitrogen functional groups attached to an aromatic ring is 1. The molecule has 0 atom stereocenters. The van der Waals surface area contributed by atoms with Gasteiger partial charge in [0.1, 0.15) is 15.5 Å². The van der Waals surface area contributed by atoms with Gasteiger partial charge in [-0.3, -0.25) is 4.79 Å². The third-order valence-electron chi connectivity index (χ3n) is 6.39. The van der Waals surface area contributed by atoms with E-state index in [-0.39, 0.29) is 5.91 Å². The van der Waals surface area contributed by atoms with Crippen LogP contribution in [0.2, 0.25) is 0 Å². The summed E-state index contributed by atoms with van der Waals surface area (Å²) in [5.74, 6) is 1.14. The Balaban J connectivity index is 1.62. The quantitative estimate of drug-likeness (QED) is 0.811. The van der Waals surface area contributed by atoms with Crippen LogP contribution < -0.4 is 10.6 Å². The lowest BCUT2D eigenvalue weighted by molar-refractivity contribution is 0.0730. The first-order chi connectivity index (χ1) is 14.1. The van der Waals surface area contributed by atoms with Crippen molar-refractivity contribution in [3.63, 3.8) is 0 Å². The first-order valence-electron chi connectivity index (χ1n) is 10.7. The van der Waals surface area contributed by atoms with Gasteiger partial charge in [0.2, 0.25) is 0 Å². The Kier molecular flexibility index (Phi) is 5.09. The largest absolute Gasteiger partial charge is 0.397 e. The predicted octanol–water partition coefficient (Wildman–Crippen LogP) is 2.33. The second-order valence-electron chi connectivity index (χ2n) is 8.36. The SMILES string of the molecule is CN1CCc2c(c(N3CCOCC3)nc3sc(C(=O)N4CCCCC4)c(N)c23)C1. The number of pyridine rings is 1. The van der Waals surface area contributed by atoms with Gasteiger partial charge in [-0.15, -0.1) is 11.3 Å². The molecule has 156 valence electrons. The van der Waals surface area contributed by atoms with Gasteiger partial charge in [-0.1, -0.05) is 0 Å². The van der Waals surface area contributed by atoms with Gasteiger partial charge >= 0.3 is 0 Å². The van der Waals surface area contributed by atoms with Crippen molar-refractivity contribution >= 4 is 39.0 Å². The van der Waals surface area contributed by atoms with Gasteiger partial charge < -0.3 is 25.2 Å². The number of likely N-dealkylation sites (tertiary alicyclic amines) is 1. The number of likely N-dealkylation sites (N-methyl/N-ethyl adjacent to an activating group) is 1. The number of ether oxygens (including phenoxy) is 1. The number of amides is 1. The Hall–Kier alpha value is -1.90. The Morgan fingerprint density at radius 2 is 1.83 bits per heavy atom. The summed E-state index contributed by atoms with van der Waals surface area (Å²) in [6.07, 6.45) is 4.31. The first-order valence-corrected chi connectivity index (χ1v) is 11.5. The Morgan fingerprint density at radius 3 is 2.59 bits per heavy atom. The third-order valence-corrected chi connectivity index (χ3v) is 7.48. The van der Waals surface area contributed by atoms with Gasteiger partial charge in [0.25, 0.3) is 5.91 Å². The van der Waals surface area contributed by atoms with Crippen LogP contribution >= 0.6 is 11.3 Å². The summed E-state index contributed by atoms with van der Waals surface area (Å²) in [6, 6.07) is 0. The number of fused-ring (bicyclic) bond motifs is 3. The third kappa shape index (κ3) is 3.37. The topological polar surface area (TPSA) is 74.9 Å².